The van der Waals surface area contributed by atoms with Crippen LogP contribution in [-0.4, -0.2) is 24.6 Å². The molecule has 6 nitrogen and oxygen atoms in total. The number of nitrogens with zero attached hydrogens (tertiary/aromatic N) is 1. The Morgan fingerprint density at radius 3 is 2.35 bits per heavy atom. The number of hydrogen-bond acceptors (Lipinski definition) is 5. The molecule has 1 aliphatic carbocycles. The first-order valence-corrected chi connectivity index (χ1v) is 12.4. The minimum absolute atomic E-state index is 0.134. The van der Waals surface area contributed by atoms with Crippen molar-refractivity contribution < 1.29 is 28.2 Å². The molecule has 0 radical (unpaired) electrons. The van der Waals surface area contributed by atoms with Crippen LogP contribution in [-0.2, 0) is 14.3 Å². The Labute approximate surface area is 219 Å². The number of carbonyl (C=O) groups is 3. The summed E-state index contributed by atoms with van der Waals surface area (Å²) in [7, 11) is 0. The summed E-state index contributed by atoms with van der Waals surface area (Å²) in [6.07, 6.45) is 2.55. The highest BCUT2D eigenvalue weighted by Gasteiger charge is 2.25. The van der Waals surface area contributed by atoms with E-state index in [1.54, 1.807) is 25.1 Å². The number of ether oxygens (including phenoxy) is 2. The van der Waals surface area contributed by atoms with Gasteiger partial charge in [0, 0.05) is 17.5 Å². The zero-order chi connectivity index (χ0) is 26.5. The van der Waals surface area contributed by atoms with E-state index in [0.29, 0.717) is 34.8 Å². The molecule has 0 aromatic heterocycles. The fourth-order valence-electron chi connectivity index (χ4n) is 4.21. The number of aryl methyl sites for hydroxylation is 2. The van der Waals surface area contributed by atoms with Crippen molar-refractivity contribution in [2.45, 2.75) is 39.5 Å². The molecule has 0 N–H and O–H groups in total. The van der Waals surface area contributed by atoms with Gasteiger partial charge in [-0.15, -0.1) is 0 Å². The van der Waals surface area contributed by atoms with Crippen molar-refractivity contribution >= 4 is 40.8 Å². The SMILES string of the molecule is Cc1ccccc1C(=O)c1ccc(N(C(=O)OCOC(=O)CC2CCC2)c2ccc(F)cc2C)cc1Cl. The summed E-state index contributed by atoms with van der Waals surface area (Å²) in [6.45, 7) is 2.93. The van der Waals surface area contributed by atoms with Gasteiger partial charge in [0.2, 0.25) is 6.79 Å². The summed E-state index contributed by atoms with van der Waals surface area (Å²) in [6, 6.07) is 15.7. The maximum Gasteiger partial charge on any atom is 0.421 e. The molecule has 0 unspecified atom stereocenters. The molecule has 4 rings (SSSR count). The third-order valence-electron chi connectivity index (χ3n) is 6.51. The van der Waals surface area contributed by atoms with Crippen LogP contribution in [0.15, 0.2) is 60.7 Å². The van der Waals surface area contributed by atoms with Gasteiger partial charge in [0.1, 0.15) is 5.82 Å². The second-order valence-electron chi connectivity index (χ2n) is 9.12. The number of hydrogen-bond donors (Lipinski definition) is 0. The highest BCUT2D eigenvalue weighted by Crippen LogP contribution is 2.34. The van der Waals surface area contributed by atoms with Gasteiger partial charge in [0.05, 0.1) is 16.4 Å². The molecule has 1 fully saturated rings. The van der Waals surface area contributed by atoms with Crippen molar-refractivity contribution in [2.75, 3.05) is 11.7 Å². The van der Waals surface area contributed by atoms with Crippen LogP contribution in [0.1, 0.15) is 52.7 Å². The molecular formula is C29H27ClFNO5. The number of anilines is 2. The number of halogens is 2. The van der Waals surface area contributed by atoms with E-state index in [0.717, 1.165) is 24.8 Å². The topological polar surface area (TPSA) is 72.9 Å². The van der Waals surface area contributed by atoms with Gasteiger partial charge in [-0.3, -0.25) is 9.59 Å². The predicted molar refractivity (Wildman–Crippen MR) is 139 cm³/mol. The molecule has 1 saturated carbocycles. The molecule has 1 aliphatic rings. The number of amides is 1. The van der Waals surface area contributed by atoms with Gasteiger partial charge < -0.3 is 9.47 Å². The van der Waals surface area contributed by atoms with E-state index in [2.05, 4.69) is 0 Å². The summed E-state index contributed by atoms with van der Waals surface area (Å²) in [4.78, 5) is 39.4. The van der Waals surface area contributed by atoms with Gasteiger partial charge in [-0.05, 0) is 80.1 Å². The van der Waals surface area contributed by atoms with Crippen LogP contribution in [0.2, 0.25) is 5.02 Å². The molecule has 0 spiro atoms. The first-order chi connectivity index (χ1) is 17.7. The average molecular weight is 524 g/mol. The highest BCUT2D eigenvalue weighted by molar-refractivity contribution is 6.35. The molecule has 3 aromatic carbocycles. The van der Waals surface area contributed by atoms with Crippen molar-refractivity contribution in [3.8, 4) is 0 Å². The summed E-state index contributed by atoms with van der Waals surface area (Å²) >= 11 is 6.51. The Morgan fingerprint density at radius 1 is 0.946 bits per heavy atom. The summed E-state index contributed by atoms with van der Waals surface area (Å²) in [5.74, 6) is -0.814. The number of carbonyl (C=O) groups excluding carboxylic acids is 3. The van der Waals surface area contributed by atoms with E-state index >= 15 is 0 Å². The molecule has 3 aromatic rings. The molecule has 0 saturated heterocycles. The lowest BCUT2D eigenvalue weighted by molar-refractivity contribution is -0.153. The number of rotatable bonds is 8. The molecular weight excluding hydrogens is 497 g/mol. The number of ketones is 1. The zero-order valence-electron chi connectivity index (χ0n) is 20.6. The maximum absolute atomic E-state index is 13.8. The molecule has 0 bridgehead atoms. The third kappa shape index (κ3) is 6.17. The van der Waals surface area contributed by atoms with Gasteiger partial charge in [-0.1, -0.05) is 42.3 Å². The van der Waals surface area contributed by atoms with Crippen LogP contribution in [0.5, 0.6) is 0 Å². The Morgan fingerprint density at radius 2 is 1.70 bits per heavy atom. The first kappa shape index (κ1) is 26.4. The Hall–Kier alpha value is -3.71. The molecule has 192 valence electrons. The molecule has 0 heterocycles. The van der Waals surface area contributed by atoms with Crippen molar-refractivity contribution in [1.82, 2.24) is 0 Å². The summed E-state index contributed by atoms with van der Waals surface area (Å²) < 4.78 is 24.1. The molecule has 1 amide bonds. The minimum atomic E-state index is -0.847. The van der Waals surface area contributed by atoms with Gasteiger partial charge in [0.15, 0.2) is 5.78 Å². The van der Waals surface area contributed by atoms with Crippen LogP contribution in [0.4, 0.5) is 20.6 Å². The molecule has 0 atom stereocenters. The molecule has 0 aliphatic heterocycles. The van der Waals surface area contributed by atoms with E-state index in [9.17, 15) is 18.8 Å². The fraction of sp³-hybridized carbons (Fsp3) is 0.276. The zero-order valence-corrected chi connectivity index (χ0v) is 21.4. The van der Waals surface area contributed by atoms with Crippen LogP contribution in [0.25, 0.3) is 0 Å². The van der Waals surface area contributed by atoms with Crippen molar-refractivity contribution in [3.63, 3.8) is 0 Å². The standard InChI is InChI=1S/C29H27ClFNO5/c1-18-6-3-4-9-23(18)28(34)24-12-11-22(16-25(24)30)32(26-13-10-21(31)14-19(26)2)29(35)37-17-36-27(33)15-20-7-5-8-20/h3-4,6,9-14,16,20H,5,7-8,15,17H2,1-2H3. The van der Waals surface area contributed by atoms with E-state index < -0.39 is 24.7 Å². The minimum Gasteiger partial charge on any atom is -0.428 e. The van der Waals surface area contributed by atoms with E-state index in [4.69, 9.17) is 21.1 Å². The lowest BCUT2D eigenvalue weighted by Crippen LogP contribution is -2.29. The number of esters is 1. The summed E-state index contributed by atoms with van der Waals surface area (Å²) in [5, 5.41) is 0.134. The Balaban J connectivity index is 1.58. The Bertz CT molecular complexity index is 1340. The normalized spacial score (nSPS) is 13.0. The highest BCUT2D eigenvalue weighted by atomic mass is 35.5. The summed E-state index contributed by atoms with van der Waals surface area (Å²) in [5.41, 5.74) is 2.72. The molecule has 8 heteroatoms. The smallest absolute Gasteiger partial charge is 0.421 e. The predicted octanol–water partition coefficient (Wildman–Crippen LogP) is 7.29. The second-order valence-corrected chi connectivity index (χ2v) is 9.53. The van der Waals surface area contributed by atoms with E-state index in [-0.39, 0.29) is 16.4 Å². The average Bonchev–Trinajstić information content (AvgIpc) is 2.83. The fourth-order valence-corrected chi connectivity index (χ4v) is 4.47. The second kappa shape index (κ2) is 11.6. The van der Waals surface area contributed by atoms with Crippen LogP contribution in [0.3, 0.4) is 0 Å². The Kier molecular flexibility index (Phi) is 8.24. The van der Waals surface area contributed by atoms with Gasteiger partial charge in [-0.25, -0.2) is 14.1 Å². The van der Waals surface area contributed by atoms with Crippen molar-refractivity contribution in [3.05, 3.63) is 93.8 Å². The quantitative estimate of drug-likeness (QED) is 0.176. The van der Waals surface area contributed by atoms with Crippen LogP contribution < -0.4 is 4.90 Å². The maximum atomic E-state index is 13.8. The van der Waals surface area contributed by atoms with Gasteiger partial charge in [-0.2, -0.15) is 0 Å². The monoisotopic (exact) mass is 523 g/mol. The van der Waals surface area contributed by atoms with Gasteiger partial charge >= 0.3 is 12.1 Å². The van der Waals surface area contributed by atoms with Crippen molar-refractivity contribution in [2.24, 2.45) is 5.92 Å². The van der Waals surface area contributed by atoms with Crippen LogP contribution in [0, 0.1) is 25.6 Å². The lowest BCUT2D eigenvalue weighted by Gasteiger charge is -2.25. The third-order valence-corrected chi connectivity index (χ3v) is 6.82. The number of benzene rings is 3. The van der Waals surface area contributed by atoms with Gasteiger partial charge in [0.25, 0.3) is 0 Å². The largest absolute Gasteiger partial charge is 0.428 e. The molecule has 37 heavy (non-hydrogen) atoms. The lowest BCUT2D eigenvalue weighted by atomic mass is 9.83. The van der Waals surface area contributed by atoms with Crippen LogP contribution >= 0.6 is 11.6 Å². The van der Waals surface area contributed by atoms with E-state index in [1.807, 2.05) is 19.1 Å². The van der Waals surface area contributed by atoms with Crippen molar-refractivity contribution in [1.29, 1.82) is 0 Å². The van der Waals surface area contributed by atoms with E-state index in [1.165, 1.54) is 35.2 Å². The first-order valence-electron chi connectivity index (χ1n) is 12.0.